The molecule has 0 heterocycles. The third-order valence-corrected chi connectivity index (χ3v) is 3.02. The van der Waals surface area contributed by atoms with Crippen molar-refractivity contribution in [2.45, 2.75) is 0 Å². The van der Waals surface area contributed by atoms with Crippen LogP contribution in [0.5, 0.6) is 11.5 Å². The lowest BCUT2D eigenvalue weighted by molar-refractivity contribution is -0.142. The van der Waals surface area contributed by atoms with Gasteiger partial charge in [-0.2, -0.15) is 0 Å². The van der Waals surface area contributed by atoms with Gasteiger partial charge < -0.3 is 14.6 Å². The molecule has 5 nitrogen and oxygen atoms in total. The number of aromatic hydroxyl groups is 1. The Bertz CT molecular complexity index is 716. The Morgan fingerprint density at radius 3 is 2.52 bits per heavy atom. The molecule has 0 aliphatic rings. The number of carbonyl (C=O) groups is 2. The quantitative estimate of drug-likeness (QED) is 0.504. The number of ketones is 1. The second kappa shape index (κ2) is 7.79. The van der Waals surface area contributed by atoms with Crippen LogP contribution < -0.4 is 4.74 Å². The van der Waals surface area contributed by atoms with Crippen LogP contribution in [-0.2, 0) is 9.53 Å². The van der Waals surface area contributed by atoms with E-state index in [0.717, 1.165) is 5.56 Å². The van der Waals surface area contributed by atoms with Crippen molar-refractivity contribution in [1.82, 2.24) is 0 Å². The Labute approximate surface area is 133 Å². The number of phenolic OH excluding ortho intramolecular Hbond substituents is 1. The van der Waals surface area contributed by atoms with Gasteiger partial charge in [0.25, 0.3) is 0 Å². The molecule has 0 amide bonds. The van der Waals surface area contributed by atoms with E-state index in [1.54, 1.807) is 54.6 Å². The van der Waals surface area contributed by atoms with Gasteiger partial charge in [0.1, 0.15) is 11.5 Å². The standard InChI is InChI=1S/C18H16O5/c1-22-18(21)12-23-16-8-6-14(7-9-16)17(20)10-5-13-3-2-4-15(19)11-13/h2-11,19H,12H2,1H3/b10-5-. The molecule has 2 aromatic carbocycles. The Balaban J connectivity index is 1.98. The van der Waals surface area contributed by atoms with E-state index in [4.69, 9.17) is 4.74 Å². The van der Waals surface area contributed by atoms with Gasteiger partial charge >= 0.3 is 5.97 Å². The number of hydrogen-bond donors (Lipinski definition) is 1. The predicted molar refractivity (Wildman–Crippen MR) is 85.4 cm³/mol. The van der Waals surface area contributed by atoms with Crippen molar-refractivity contribution in [2.24, 2.45) is 0 Å². The molecule has 2 rings (SSSR count). The van der Waals surface area contributed by atoms with Crippen LogP contribution in [0.15, 0.2) is 54.6 Å². The summed E-state index contributed by atoms with van der Waals surface area (Å²) in [6.07, 6.45) is 3.06. The van der Waals surface area contributed by atoms with Crippen LogP contribution in [0.3, 0.4) is 0 Å². The van der Waals surface area contributed by atoms with Crippen LogP contribution in [0.2, 0.25) is 0 Å². The van der Waals surface area contributed by atoms with Gasteiger partial charge in [0.15, 0.2) is 12.4 Å². The molecule has 0 fully saturated rings. The molecule has 1 N–H and O–H groups in total. The summed E-state index contributed by atoms with van der Waals surface area (Å²) in [6, 6.07) is 13.1. The smallest absolute Gasteiger partial charge is 0.343 e. The van der Waals surface area contributed by atoms with E-state index in [1.807, 2.05) is 0 Å². The van der Waals surface area contributed by atoms with Gasteiger partial charge in [-0.25, -0.2) is 4.79 Å². The largest absolute Gasteiger partial charge is 0.508 e. The fourth-order valence-corrected chi connectivity index (χ4v) is 1.81. The molecular weight excluding hydrogens is 296 g/mol. The zero-order valence-electron chi connectivity index (χ0n) is 12.6. The summed E-state index contributed by atoms with van der Waals surface area (Å²) in [5, 5.41) is 9.37. The maximum atomic E-state index is 12.1. The van der Waals surface area contributed by atoms with Crippen LogP contribution in [0.1, 0.15) is 15.9 Å². The molecule has 0 saturated carbocycles. The fourth-order valence-electron chi connectivity index (χ4n) is 1.81. The van der Waals surface area contributed by atoms with Gasteiger partial charge in [0.2, 0.25) is 0 Å². The molecule has 0 spiro atoms. The summed E-state index contributed by atoms with van der Waals surface area (Å²) in [4.78, 5) is 23.0. The van der Waals surface area contributed by atoms with Crippen molar-refractivity contribution >= 4 is 17.8 Å². The first-order chi connectivity index (χ1) is 11.1. The molecule has 0 aliphatic carbocycles. The van der Waals surface area contributed by atoms with Crippen LogP contribution >= 0.6 is 0 Å². The van der Waals surface area contributed by atoms with E-state index in [1.165, 1.54) is 13.2 Å². The normalized spacial score (nSPS) is 10.5. The van der Waals surface area contributed by atoms with Crippen molar-refractivity contribution in [3.63, 3.8) is 0 Å². The molecule has 0 bridgehead atoms. The summed E-state index contributed by atoms with van der Waals surface area (Å²) in [5.41, 5.74) is 1.23. The minimum atomic E-state index is -0.473. The lowest BCUT2D eigenvalue weighted by Gasteiger charge is -2.05. The summed E-state index contributed by atoms with van der Waals surface area (Å²) in [7, 11) is 1.28. The average molecular weight is 312 g/mol. The summed E-state index contributed by atoms with van der Waals surface area (Å²) in [5.74, 6) is -0.0253. The van der Waals surface area contributed by atoms with Gasteiger partial charge in [0, 0.05) is 5.56 Å². The van der Waals surface area contributed by atoms with Gasteiger partial charge in [0.05, 0.1) is 7.11 Å². The zero-order chi connectivity index (χ0) is 16.7. The molecule has 0 radical (unpaired) electrons. The molecule has 0 aromatic heterocycles. The van der Waals surface area contributed by atoms with Crippen LogP contribution in [0.4, 0.5) is 0 Å². The van der Waals surface area contributed by atoms with Crippen molar-refractivity contribution in [3.8, 4) is 11.5 Å². The number of phenols is 1. The second-order valence-corrected chi connectivity index (χ2v) is 4.68. The maximum Gasteiger partial charge on any atom is 0.343 e. The molecule has 0 aliphatic heterocycles. The number of benzene rings is 2. The number of esters is 1. The van der Waals surface area contributed by atoms with Gasteiger partial charge in [-0.3, -0.25) is 4.79 Å². The van der Waals surface area contributed by atoms with E-state index < -0.39 is 5.97 Å². The average Bonchev–Trinajstić information content (AvgIpc) is 2.58. The first kappa shape index (κ1) is 16.3. The Kier molecular flexibility index (Phi) is 5.52. The van der Waals surface area contributed by atoms with Gasteiger partial charge in [-0.05, 0) is 48.0 Å². The number of ether oxygens (including phenoxy) is 2. The van der Waals surface area contributed by atoms with Gasteiger partial charge in [-0.1, -0.05) is 18.2 Å². The lowest BCUT2D eigenvalue weighted by Crippen LogP contribution is -2.12. The fraction of sp³-hybridized carbons (Fsp3) is 0.111. The molecular formula is C18H16O5. The molecule has 118 valence electrons. The lowest BCUT2D eigenvalue weighted by atomic mass is 10.1. The zero-order valence-corrected chi connectivity index (χ0v) is 12.6. The Morgan fingerprint density at radius 2 is 1.87 bits per heavy atom. The molecule has 0 atom stereocenters. The topological polar surface area (TPSA) is 72.8 Å². The highest BCUT2D eigenvalue weighted by Gasteiger charge is 2.04. The van der Waals surface area contributed by atoms with Crippen LogP contribution in [-0.4, -0.2) is 30.6 Å². The summed E-state index contributed by atoms with van der Waals surface area (Å²) >= 11 is 0. The number of rotatable bonds is 6. The van der Waals surface area contributed by atoms with E-state index in [-0.39, 0.29) is 18.1 Å². The van der Waals surface area contributed by atoms with Crippen molar-refractivity contribution in [1.29, 1.82) is 0 Å². The molecule has 23 heavy (non-hydrogen) atoms. The first-order valence-corrected chi connectivity index (χ1v) is 6.89. The predicted octanol–water partition coefficient (Wildman–Crippen LogP) is 2.84. The molecule has 2 aromatic rings. The summed E-state index contributed by atoms with van der Waals surface area (Å²) < 4.78 is 9.68. The number of carbonyl (C=O) groups excluding carboxylic acids is 2. The van der Waals surface area contributed by atoms with E-state index in [0.29, 0.717) is 11.3 Å². The third-order valence-electron chi connectivity index (χ3n) is 3.02. The van der Waals surface area contributed by atoms with Crippen molar-refractivity contribution in [2.75, 3.05) is 13.7 Å². The molecule has 0 unspecified atom stereocenters. The van der Waals surface area contributed by atoms with Crippen molar-refractivity contribution in [3.05, 3.63) is 65.7 Å². The van der Waals surface area contributed by atoms with Crippen LogP contribution in [0.25, 0.3) is 6.08 Å². The Morgan fingerprint density at radius 1 is 1.13 bits per heavy atom. The van der Waals surface area contributed by atoms with E-state index in [2.05, 4.69) is 4.74 Å². The second-order valence-electron chi connectivity index (χ2n) is 4.68. The highest BCUT2D eigenvalue weighted by Crippen LogP contribution is 2.15. The molecule has 5 heteroatoms. The van der Waals surface area contributed by atoms with Crippen LogP contribution in [0, 0.1) is 0 Å². The van der Waals surface area contributed by atoms with Crippen molar-refractivity contribution < 1.29 is 24.2 Å². The summed E-state index contributed by atoms with van der Waals surface area (Å²) in [6.45, 7) is -0.179. The molecule has 0 saturated heterocycles. The number of methoxy groups -OCH3 is 1. The number of allylic oxidation sites excluding steroid dienone is 1. The minimum Gasteiger partial charge on any atom is -0.508 e. The highest BCUT2D eigenvalue weighted by atomic mass is 16.6. The maximum absolute atomic E-state index is 12.1. The number of hydrogen-bond acceptors (Lipinski definition) is 5. The van der Waals surface area contributed by atoms with E-state index in [9.17, 15) is 14.7 Å². The highest BCUT2D eigenvalue weighted by molar-refractivity contribution is 6.06. The Hall–Kier alpha value is -3.08. The van der Waals surface area contributed by atoms with E-state index >= 15 is 0 Å². The SMILES string of the molecule is COC(=O)COc1ccc(C(=O)/C=C\c2cccc(O)c2)cc1. The monoisotopic (exact) mass is 312 g/mol. The van der Waals surface area contributed by atoms with Gasteiger partial charge in [-0.15, -0.1) is 0 Å². The minimum absolute atomic E-state index is 0.145. The first-order valence-electron chi connectivity index (χ1n) is 6.89. The third kappa shape index (κ3) is 5.00.